The highest BCUT2D eigenvalue weighted by Crippen LogP contribution is 2.33. The molecule has 0 radical (unpaired) electrons. The van der Waals surface area contributed by atoms with Crippen LogP contribution < -0.4 is 10.8 Å². The van der Waals surface area contributed by atoms with Crippen LogP contribution in [0.5, 0.6) is 0 Å². The molecule has 1 atom stereocenters. The Kier molecular flexibility index (Phi) is 3.38. The average Bonchev–Trinajstić information content (AvgIpc) is 2.64. The molecular weight excluding hydrogens is 224 g/mol. The Labute approximate surface area is 101 Å². The van der Waals surface area contributed by atoms with E-state index < -0.39 is 0 Å². The predicted molar refractivity (Wildman–Crippen MR) is 66.8 cm³/mol. The third-order valence-electron chi connectivity index (χ3n) is 3.05. The predicted octanol–water partition coefficient (Wildman–Crippen LogP) is 2.43. The zero-order chi connectivity index (χ0) is 11.7. The van der Waals surface area contributed by atoms with E-state index in [-0.39, 0.29) is 6.10 Å². The van der Waals surface area contributed by atoms with Crippen molar-refractivity contribution in [3.05, 3.63) is 28.3 Å². The first-order valence-electron chi connectivity index (χ1n) is 5.49. The van der Waals surface area contributed by atoms with Crippen LogP contribution in [0.1, 0.15) is 17.5 Å². The minimum atomic E-state index is 0.122. The molecule has 1 aromatic carbocycles. The Bertz CT molecular complexity index is 372. The van der Waals surface area contributed by atoms with Crippen LogP contribution in [0.15, 0.2) is 12.1 Å². The van der Waals surface area contributed by atoms with Crippen LogP contribution in [-0.2, 0) is 4.84 Å². The lowest BCUT2D eigenvalue weighted by Gasteiger charge is -2.22. The van der Waals surface area contributed by atoms with Crippen molar-refractivity contribution in [3.8, 4) is 0 Å². The van der Waals surface area contributed by atoms with Gasteiger partial charge in [0.1, 0.15) is 0 Å². The van der Waals surface area contributed by atoms with Crippen LogP contribution in [-0.4, -0.2) is 19.2 Å². The number of nitrogens with two attached hydrogens (primary N) is 1. The van der Waals surface area contributed by atoms with Crippen LogP contribution in [0.2, 0.25) is 5.02 Å². The molecule has 1 aliphatic heterocycles. The maximum Gasteiger partial charge on any atom is 0.0978 e. The molecule has 1 fully saturated rings. The van der Waals surface area contributed by atoms with Crippen molar-refractivity contribution >= 4 is 17.3 Å². The van der Waals surface area contributed by atoms with E-state index in [1.807, 2.05) is 6.07 Å². The molecule has 0 aliphatic carbocycles. The van der Waals surface area contributed by atoms with E-state index >= 15 is 0 Å². The second kappa shape index (κ2) is 4.62. The van der Waals surface area contributed by atoms with Crippen LogP contribution >= 0.6 is 11.6 Å². The first kappa shape index (κ1) is 11.7. The highest BCUT2D eigenvalue weighted by molar-refractivity contribution is 6.33. The van der Waals surface area contributed by atoms with Crippen molar-refractivity contribution in [2.45, 2.75) is 26.4 Å². The van der Waals surface area contributed by atoms with Crippen molar-refractivity contribution in [2.24, 2.45) is 5.90 Å². The average molecular weight is 241 g/mol. The van der Waals surface area contributed by atoms with Gasteiger partial charge in [-0.25, -0.2) is 5.90 Å². The van der Waals surface area contributed by atoms with Gasteiger partial charge in [-0.2, -0.15) is 0 Å². The number of aryl methyl sites for hydroxylation is 2. The molecule has 1 heterocycles. The smallest absolute Gasteiger partial charge is 0.0978 e. The maximum atomic E-state index is 6.29. The molecule has 4 heteroatoms. The largest absolute Gasteiger partial charge is 0.367 e. The van der Waals surface area contributed by atoms with Crippen LogP contribution in [0.25, 0.3) is 0 Å². The Morgan fingerprint density at radius 3 is 2.75 bits per heavy atom. The van der Waals surface area contributed by atoms with Gasteiger partial charge >= 0.3 is 0 Å². The van der Waals surface area contributed by atoms with Gasteiger partial charge in [0.25, 0.3) is 0 Å². The molecule has 0 bridgehead atoms. The summed E-state index contributed by atoms with van der Waals surface area (Å²) in [6.07, 6.45) is 1.08. The van der Waals surface area contributed by atoms with Gasteiger partial charge in [0.15, 0.2) is 0 Å². The molecule has 0 spiro atoms. The van der Waals surface area contributed by atoms with Gasteiger partial charge in [0.05, 0.1) is 16.8 Å². The monoisotopic (exact) mass is 240 g/mol. The molecule has 1 saturated heterocycles. The zero-order valence-electron chi connectivity index (χ0n) is 9.66. The number of anilines is 1. The molecule has 2 N–H and O–H groups in total. The van der Waals surface area contributed by atoms with E-state index in [1.165, 1.54) is 11.1 Å². The lowest BCUT2D eigenvalue weighted by atomic mass is 10.1. The molecule has 88 valence electrons. The molecule has 0 amide bonds. The highest BCUT2D eigenvalue weighted by Gasteiger charge is 2.25. The quantitative estimate of drug-likeness (QED) is 0.807. The first-order chi connectivity index (χ1) is 7.61. The van der Waals surface area contributed by atoms with Gasteiger partial charge < -0.3 is 4.90 Å². The Morgan fingerprint density at radius 2 is 2.19 bits per heavy atom. The summed E-state index contributed by atoms with van der Waals surface area (Å²) in [7, 11) is 0. The summed E-state index contributed by atoms with van der Waals surface area (Å²) >= 11 is 6.29. The van der Waals surface area contributed by atoms with E-state index in [1.54, 1.807) is 0 Å². The fourth-order valence-electron chi connectivity index (χ4n) is 2.35. The summed E-state index contributed by atoms with van der Waals surface area (Å²) in [5.74, 6) is 5.21. The zero-order valence-corrected chi connectivity index (χ0v) is 10.4. The molecule has 1 aromatic rings. The number of nitrogens with zero attached hydrogens (tertiary/aromatic N) is 1. The summed E-state index contributed by atoms with van der Waals surface area (Å²) in [4.78, 5) is 7.13. The molecule has 16 heavy (non-hydrogen) atoms. The number of hydrogen-bond donors (Lipinski definition) is 1. The van der Waals surface area contributed by atoms with Gasteiger partial charge in [-0.1, -0.05) is 17.7 Å². The van der Waals surface area contributed by atoms with Crippen molar-refractivity contribution in [1.29, 1.82) is 0 Å². The van der Waals surface area contributed by atoms with Gasteiger partial charge in [-0.3, -0.25) is 4.84 Å². The van der Waals surface area contributed by atoms with E-state index in [2.05, 4.69) is 24.8 Å². The summed E-state index contributed by atoms with van der Waals surface area (Å²) in [5.41, 5.74) is 3.52. The van der Waals surface area contributed by atoms with E-state index in [4.69, 9.17) is 22.3 Å². The fourth-order valence-corrected chi connectivity index (χ4v) is 2.79. The van der Waals surface area contributed by atoms with Crippen molar-refractivity contribution in [3.63, 3.8) is 0 Å². The van der Waals surface area contributed by atoms with Crippen LogP contribution in [0, 0.1) is 13.8 Å². The van der Waals surface area contributed by atoms with Crippen molar-refractivity contribution in [2.75, 3.05) is 18.0 Å². The maximum absolute atomic E-state index is 6.29. The molecule has 0 aromatic heterocycles. The van der Waals surface area contributed by atoms with Crippen LogP contribution in [0.3, 0.4) is 0 Å². The molecule has 1 unspecified atom stereocenters. The third kappa shape index (κ3) is 2.17. The standard InChI is InChI=1S/C12H17ClN2O/c1-8-5-9(2)12(11(13)6-8)15-4-3-10(7-15)16-14/h5-6,10H,3-4,7,14H2,1-2H3. The lowest BCUT2D eigenvalue weighted by molar-refractivity contribution is 0.0690. The summed E-state index contributed by atoms with van der Waals surface area (Å²) in [5, 5.41) is 0.815. The molecule has 2 rings (SSSR count). The third-order valence-corrected chi connectivity index (χ3v) is 3.34. The number of hydrogen-bond acceptors (Lipinski definition) is 3. The molecule has 1 aliphatic rings. The van der Waals surface area contributed by atoms with Crippen LogP contribution in [0.4, 0.5) is 5.69 Å². The summed E-state index contributed by atoms with van der Waals surface area (Å²) < 4.78 is 0. The Hall–Kier alpha value is -0.770. The minimum absolute atomic E-state index is 0.122. The topological polar surface area (TPSA) is 38.5 Å². The molecule has 3 nitrogen and oxygen atoms in total. The SMILES string of the molecule is Cc1cc(C)c(N2CCC(ON)C2)c(Cl)c1. The molecule has 0 saturated carbocycles. The first-order valence-corrected chi connectivity index (χ1v) is 5.87. The number of benzene rings is 1. The molecular formula is C12H17ClN2O. The summed E-state index contributed by atoms with van der Waals surface area (Å²) in [6, 6.07) is 4.15. The Balaban J connectivity index is 2.28. The summed E-state index contributed by atoms with van der Waals surface area (Å²) in [6.45, 7) is 5.91. The minimum Gasteiger partial charge on any atom is -0.367 e. The second-order valence-corrected chi connectivity index (χ2v) is 4.81. The van der Waals surface area contributed by atoms with Gasteiger partial charge in [0, 0.05) is 13.1 Å². The highest BCUT2D eigenvalue weighted by atomic mass is 35.5. The normalized spacial score (nSPS) is 20.5. The van der Waals surface area contributed by atoms with E-state index in [0.717, 1.165) is 30.2 Å². The fraction of sp³-hybridized carbons (Fsp3) is 0.500. The van der Waals surface area contributed by atoms with E-state index in [9.17, 15) is 0 Å². The second-order valence-electron chi connectivity index (χ2n) is 4.41. The van der Waals surface area contributed by atoms with Gasteiger partial charge in [0.2, 0.25) is 0 Å². The van der Waals surface area contributed by atoms with Gasteiger partial charge in [-0.05, 0) is 37.5 Å². The van der Waals surface area contributed by atoms with Gasteiger partial charge in [-0.15, -0.1) is 0 Å². The van der Waals surface area contributed by atoms with Crippen molar-refractivity contribution in [1.82, 2.24) is 0 Å². The number of rotatable bonds is 2. The lowest BCUT2D eigenvalue weighted by Crippen LogP contribution is -2.25. The van der Waals surface area contributed by atoms with Crippen molar-refractivity contribution < 1.29 is 4.84 Å². The van der Waals surface area contributed by atoms with E-state index in [0.29, 0.717) is 0 Å². The number of halogens is 1. The Morgan fingerprint density at radius 1 is 1.44 bits per heavy atom.